The predicted molar refractivity (Wildman–Crippen MR) is 116 cm³/mol. The summed E-state index contributed by atoms with van der Waals surface area (Å²) in [5.41, 5.74) is 0.540. The second-order valence-corrected chi connectivity index (χ2v) is 7.67. The third kappa shape index (κ3) is 6.19. The zero-order valence-electron chi connectivity index (χ0n) is 19.2. The predicted octanol–water partition coefficient (Wildman–Crippen LogP) is 1.27. The number of nitrogens with zero attached hydrogens (tertiary/aromatic N) is 1. The Balaban J connectivity index is 2.03. The number of hydrogen-bond donors (Lipinski definition) is 1. The zero-order chi connectivity index (χ0) is 24.8. The van der Waals surface area contributed by atoms with Crippen LogP contribution >= 0.6 is 0 Å². The number of fused-ring (bicyclic) bond motifs is 1. The van der Waals surface area contributed by atoms with Crippen molar-refractivity contribution in [1.29, 1.82) is 0 Å². The Morgan fingerprint density at radius 3 is 2.26 bits per heavy atom. The van der Waals surface area contributed by atoms with Crippen LogP contribution in [-0.4, -0.2) is 66.0 Å². The monoisotopic (exact) mass is 474 g/mol. The number of benzene rings is 1. The van der Waals surface area contributed by atoms with Crippen molar-refractivity contribution in [2.24, 2.45) is 0 Å². The number of ether oxygens (including phenoxy) is 5. The van der Waals surface area contributed by atoms with Gasteiger partial charge in [-0.15, -0.1) is 0 Å². The molecule has 0 spiro atoms. The van der Waals surface area contributed by atoms with E-state index in [1.165, 1.54) is 27.7 Å². The molecule has 182 valence electrons. The number of rotatable bonds is 7. The summed E-state index contributed by atoms with van der Waals surface area (Å²) in [5.74, 6) is -2.07. The fourth-order valence-corrected chi connectivity index (χ4v) is 3.69. The summed E-state index contributed by atoms with van der Waals surface area (Å²) >= 11 is 0. The van der Waals surface area contributed by atoms with E-state index in [-0.39, 0.29) is 6.61 Å². The molecule has 0 saturated carbocycles. The number of para-hydroxylation sites is 1. The van der Waals surface area contributed by atoms with Crippen LogP contribution < -0.4 is 10.1 Å². The first-order valence-corrected chi connectivity index (χ1v) is 10.6. The van der Waals surface area contributed by atoms with Crippen LogP contribution in [0.2, 0.25) is 0 Å². The van der Waals surface area contributed by atoms with E-state index in [9.17, 15) is 19.2 Å². The van der Waals surface area contributed by atoms with Crippen LogP contribution in [0.25, 0.3) is 10.9 Å². The molecule has 11 nitrogen and oxygen atoms in total. The van der Waals surface area contributed by atoms with Crippen molar-refractivity contribution in [2.45, 2.75) is 58.3 Å². The first kappa shape index (κ1) is 24.9. The summed E-state index contributed by atoms with van der Waals surface area (Å²) in [5, 5.41) is 3.46. The van der Waals surface area contributed by atoms with Gasteiger partial charge in [-0.3, -0.25) is 24.2 Å². The molecular weight excluding hydrogens is 448 g/mol. The van der Waals surface area contributed by atoms with E-state index in [0.717, 1.165) is 5.39 Å². The Kier molecular flexibility index (Phi) is 8.00. The van der Waals surface area contributed by atoms with E-state index >= 15 is 0 Å². The number of aromatic nitrogens is 1. The summed E-state index contributed by atoms with van der Waals surface area (Å²) < 4.78 is 28.1. The minimum atomic E-state index is -1.21. The normalized spacial score (nSPS) is 24.1. The second-order valence-electron chi connectivity index (χ2n) is 7.67. The summed E-state index contributed by atoms with van der Waals surface area (Å²) in [7, 11) is 0. The average Bonchev–Trinajstić information content (AvgIpc) is 2.75. The van der Waals surface area contributed by atoms with Crippen LogP contribution in [0.3, 0.4) is 0 Å². The Bertz CT molecular complexity index is 1070. The fraction of sp³-hybridized carbons (Fsp3) is 0.435. The highest BCUT2D eigenvalue weighted by Gasteiger charge is 2.52. The first-order valence-electron chi connectivity index (χ1n) is 10.6. The van der Waals surface area contributed by atoms with Gasteiger partial charge in [0.1, 0.15) is 30.0 Å². The fourth-order valence-electron chi connectivity index (χ4n) is 3.69. The minimum absolute atomic E-state index is 0.314. The van der Waals surface area contributed by atoms with Gasteiger partial charge in [-0.2, -0.15) is 0 Å². The van der Waals surface area contributed by atoms with Gasteiger partial charge in [-0.1, -0.05) is 18.2 Å². The zero-order valence-corrected chi connectivity index (χ0v) is 19.2. The number of hydrogen-bond acceptors (Lipinski definition) is 10. The van der Waals surface area contributed by atoms with Crippen LogP contribution in [0, 0.1) is 0 Å². The SMILES string of the molecule is CC(=O)N[C@@H]1[C@H](Oc2cccc3cccnc23)O[C@H](COC(C)=O)[C@@H](OC(C)=O)[C@@H]1OC(C)=O. The number of nitrogens with one attached hydrogen (secondary N) is 1. The van der Waals surface area contributed by atoms with E-state index in [0.29, 0.717) is 11.3 Å². The molecule has 1 N–H and O–H groups in total. The first-order chi connectivity index (χ1) is 16.2. The van der Waals surface area contributed by atoms with E-state index < -0.39 is 54.5 Å². The number of esters is 3. The smallest absolute Gasteiger partial charge is 0.303 e. The van der Waals surface area contributed by atoms with Crippen molar-refractivity contribution in [3.8, 4) is 5.75 Å². The second kappa shape index (κ2) is 10.9. The maximum absolute atomic E-state index is 12.0. The van der Waals surface area contributed by atoms with E-state index in [2.05, 4.69) is 10.3 Å². The Morgan fingerprint density at radius 2 is 1.62 bits per heavy atom. The molecule has 0 unspecified atom stereocenters. The lowest BCUT2D eigenvalue weighted by atomic mass is 9.96. The third-order valence-electron chi connectivity index (χ3n) is 4.91. The lowest BCUT2D eigenvalue weighted by Crippen LogP contribution is -2.67. The summed E-state index contributed by atoms with van der Waals surface area (Å²) in [6.45, 7) is 4.52. The molecule has 1 aliphatic rings. The standard InChI is InChI=1S/C23H26N2O9/c1-12(26)25-20-22(32-15(4)29)21(31-14(3)28)18(11-30-13(2)27)34-23(20)33-17-9-5-7-16-8-6-10-24-19(16)17/h5-10,18,20-23H,11H2,1-4H3,(H,25,26)/t18-,20+,21-,22-,23-/m1/s1. The van der Waals surface area contributed by atoms with Gasteiger partial charge in [0, 0.05) is 39.3 Å². The minimum Gasteiger partial charge on any atom is -0.463 e. The topological polar surface area (TPSA) is 139 Å². The van der Waals surface area contributed by atoms with Gasteiger partial charge < -0.3 is 29.0 Å². The van der Waals surface area contributed by atoms with Crippen LogP contribution in [0.5, 0.6) is 5.75 Å². The van der Waals surface area contributed by atoms with Crippen LogP contribution in [-0.2, 0) is 38.1 Å². The molecule has 1 saturated heterocycles. The molecule has 1 amide bonds. The van der Waals surface area contributed by atoms with Crippen molar-refractivity contribution in [2.75, 3.05) is 6.61 Å². The average molecular weight is 474 g/mol. The van der Waals surface area contributed by atoms with Gasteiger partial charge in [-0.05, 0) is 12.1 Å². The molecule has 11 heteroatoms. The van der Waals surface area contributed by atoms with Gasteiger partial charge in [0.25, 0.3) is 0 Å². The van der Waals surface area contributed by atoms with Crippen molar-refractivity contribution in [3.05, 3.63) is 36.5 Å². The number of pyridine rings is 1. The maximum Gasteiger partial charge on any atom is 0.303 e. The van der Waals surface area contributed by atoms with Crippen molar-refractivity contribution in [3.63, 3.8) is 0 Å². The van der Waals surface area contributed by atoms with Crippen LogP contribution in [0.15, 0.2) is 36.5 Å². The third-order valence-corrected chi connectivity index (χ3v) is 4.91. The molecule has 3 rings (SSSR count). The number of carbonyl (C=O) groups is 4. The van der Waals surface area contributed by atoms with Gasteiger partial charge >= 0.3 is 17.9 Å². The Hall–Kier alpha value is -3.73. The lowest BCUT2D eigenvalue weighted by molar-refractivity contribution is -0.257. The van der Waals surface area contributed by atoms with Crippen LogP contribution in [0.1, 0.15) is 27.7 Å². The van der Waals surface area contributed by atoms with E-state index in [1.54, 1.807) is 24.4 Å². The van der Waals surface area contributed by atoms with E-state index in [1.807, 2.05) is 12.1 Å². The number of carbonyl (C=O) groups excluding carboxylic acids is 4. The molecular formula is C23H26N2O9. The highest BCUT2D eigenvalue weighted by Crippen LogP contribution is 2.31. The largest absolute Gasteiger partial charge is 0.463 e. The lowest BCUT2D eigenvalue weighted by Gasteiger charge is -2.44. The summed E-state index contributed by atoms with van der Waals surface area (Å²) in [6.07, 6.45) is -3.07. The number of amides is 1. The maximum atomic E-state index is 12.0. The van der Waals surface area contributed by atoms with Crippen molar-refractivity contribution in [1.82, 2.24) is 10.3 Å². The Morgan fingerprint density at radius 1 is 0.941 bits per heavy atom. The molecule has 2 aromatic rings. The molecule has 0 aliphatic carbocycles. The summed E-state index contributed by atoms with van der Waals surface area (Å²) in [6, 6.07) is 7.84. The summed E-state index contributed by atoms with van der Waals surface area (Å²) in [4.78, 5) is 51.6. The molecule has 1 aliphatic heterocycles. The molecule has 1 fully saturated rings. The van der Waals surface area contributed by atoms with Gasteiger partial charge in [0.2, 0.25) is 12.2 Å². The molecule has 1 aromatic heterocycles. The molecule has 0 bridgehead atoms. The highest BCUT2D eigenvalue weighted by atomic mass is 16.7. The molecule has 1 aromatic carbocycles. The Labute approximate surface area is 195 Å². The molecule has 5 atom stereocenters. The molecule has 34 heavy (non-hydrogen) atoms. The van der Waals surface area contributed by atoms with Gasteiger partial charge in [-0.25, -0.2) is 0 Å². The van der Waals surface area contributed by atoms with E-state index in [4.69, 9.17) is 23.7 Å². The quantitative estimate of drug-likeness (QED) is 0.461. The highest BCUT2D eigenvalue weighted by molar-refractivity contribution is 5.84. The van der Waals surface area contributed by atoms with Gasteiger partial charge in [0.15, 0.2) is 12.2 Å². The van der Waals surface area contributed by atoms with Crippen molar-refractivity contribution < 1.29 is 42.9 Å². The molecule has 2 heterocycles. The van der Waals surface area contributed by atoms with Crippen LogP contribution in [0.4, 0.5) is 0 Å². The van der Waals surface area contributed by atoms with Gasteiger partial charge in [0.05, 0.1) is 0 Å². The van der Waals surface area contributed by atoms with Crippen molar-refractivity contribution >= 4 is 34.7 Å². The molecule has 0 radical (unpaired) electrons.